The van der Waals surface area contributed by atoms with Gasteiger partial charge >= 0.3 is 0 Å². The quantitative estimate of drug-likeness (QED) is 0.867. The molecule has 6 heteroatoms. The Balaban J connectivity index is 2.47. The summed E-state index contributed by atoms with van der Waals surface area (Å²) in [4.78, 5) is 0.337. The van der Waals surface area contributed by atoms with E-state index >= 15 is 0 Å². The number of hydrogen-bond donors (Lipinski definition) is 0. The molecule has 0 unspecified atom stereocenters. The van der Waals surface area contributed by atoms with Crippen molar-refractivity contribution in [3.05, 3.63) is 23.0 Å². The monoisotopic (exact) mass is 284 g/mol. The summed E-state index contributed by atoms with van der Waals surface area (Å²) in [6.45, 7) is 0. The van der Waals surface area contributed by atoms with Crippen molar-refractivity contribution in [2.24, 2.45) is 0 Å². The molecule has 5 nitrogen and oxygen atoms in total. The minimum absolute atomic E-state index is 0.337. The Labute approximate surface area is 101 Å². The molecule has 0 saturated carbocycles. The summed E-state index contributed by atoms with van der Waals surface area (Å²) in [5.74, 6) is 1.75. The molecule has 1 aromatic carbocycles. The molecule has 0 N–H and O–H groups in total. The molecule has 0 radical (unpaired) electrons. The van der Waals surface area contributed by atoms with E-state index in [1.807, 2.05) is 0 Å². The molecule has 0 bridgehead atoms. The van der Waals surface area contributed by atoms with Gasteiger partial charge in [-0.05, 0) is 12.1 Å². The maximum Gasteiger partial charge on any atom is 0.285 e. The van der Waals surface area contributed by atoms with E-state index in [9.17, 15) is 0 Å². The second kappa shape index (κ2) is 4.52. The van der Waals surface area contributed by atoms with Crippen LogP contribution in [-0.2, 0) is 0 Å². The lowest BCUT2D eigenvalue weighted by molar-refractivity contribution is 0.394. The first-order chi connectivity index (χ1) is 7.72. The van der Waals surface area contributed by atoms with Crippen molar-refractivity contribution in [3.63, 3.8) is 0 Å². The van der Waals surface area contributed by atoms with Gasteiger partial charge in [0, 0.05) is 27.6 Å². The number of aromatic nitrogens is 2. The van der Waals surface area contributed by atoms with E-state index in [0.717, 1.165) is 5.56 Å². The second-order valence-corrected chi connectivity index (χ2v) is 3.64. The molecule has 0 atom stereocenters. The fourth-order valence-electron chi connectivity index (χ4n) is 1.25. The standard InChI is InChI=1S/C10H9BrN2O3/c1-14-7-3-6(4-8(5-7)15-2)9-12-13-10(11)16-9/h3-5H,1-2H3. The Hall–Kier alpha value is -1.56. The van der Waals surface area contributed by atoms with Crippen molar-refractivity contribution in [1.82, 2.24) is 10.2 Å². The summed E-state index contributed by atoms with van der Waals surface area (Å²) in [5, 5.41) is 7.58. The first kappa shape index (κ1) is 10.9. The molecule has 1 aromatic heterocycles. The maximum atomic E-state index is 5.25. The highest BCUT2D eigenvalue weighted by Gasteiger charge is 2.10. The highest BCUT2D eigenvalue weighted by molar-refractivity contribution is 9.10. The zero-order valence-corrected chi connectivity index (χ0v) is 10.3. The van der Waals surface area contributed by atoms with Crippen molar-refractivity contribution in [3.8, 4) is 23.0 Å². The molecular weight excluding hydrogens is 276 g/mol. The first-order valence-electron chi connectivity index (χ1n) is 4.45. The number of ether oxygens (including phenoxy) is 2. The van der Waals surface area contributed by atoms with Crippen LogP contribution in [0.1, 0.15) is 0 Å². The fourth-order valence-corrected chi connectivity index (χ4v) is 1.49. The average molecular weight is 285 g/mol. The SMILES string of the molecule is COc1cc(OC)cc(-c2nnc(Br)o2)c1. The minimum atomic E-state index is 0.337. The summed E-state index contributed by atoms with van der Waals surface area (Å²) in [5.41, 5.74) is 0.745. The highest BCUT2D eigenvalue weighted by atomic mass is 79.9. The molecule has 16 heavy (non-hydrogen) atoms. The van der Waals surface area contributed by atoms with Crippen LogP contribution in [0.2, 0.25) is 0 Å². The fraction of sp³-hybridized carbons (Fsp3) is 0.200. The second-order valence-electron chi connectivity index (χ2n) is 2.96. The van der Waals surface area contributed by atoms with Gasteiger partial charge < -0.3 is 13.9 Å². The number of hydrogen-bond acceptors (Lipinski definition) is 5. The molecule has 0 saturated heterocycles. The van der Waals surface area contributed by atoms with Gasteiger partial charge in [0.15, 0.2) is 0 Å². The van der Waals surface area contributed by atoms with Gasteiger partial charge in [-0.25, -0.2) is 0 Å². The number of methoxy groups -OCH3 is 2. The number of halogens is 1. The van der Waals surface area contributed by atoms with E-state index in [-0.39, 0.29) is 0 Å². The molecule has 0 spiro atoms. The van der Waals surface area contributed by atoms with Crippen molar-refractivity contribution < 1.29 is 13.9 Å². The van der Waals surface area contributed by atoms with Gasteiger partial charge in [-0.3, -0.25) is 0 Å². The first-order valence-corrected chi connectivity index (χ1v) is 5.24. The van der Waals surface area contributed by atoms with Crippen LogP contribution in [0, 0.1) is 0 Å². The summed E-state index contributed by atoms with van der Waals surface area (Å²) in [6.07, 6.45) is 0. The maximum absolute atomic E-state index is 5.25. The number of nitrogens with zero attached hydrogens (tertiary/aromatic N) is 2. The Kier molecular flexibility index (Phi) is 3.09. The highest BCUT2D eigenvalue weighted by Crippen LogP contribution is 2.29. The molecular formula is C10H9BrN2O3. The van der Waals surface area contributed by atoms with Gasteiger partial charge in [-0.15, -0.1) is 10.2 Å². The predicted molar refractivity (Wildman–Crippen MR) is 60.5 cm³/mol. The van der Waals surface area contributed by atoms with Crippen molar-refractivity contribution in [2.75, 3.05) is 14.2 Å². The molecule has 0 aliphatic carbocycles. The van der Waals surface area contributed by atoms with Gasteiger partial charge in [-0.1, -0.05) is 0 Å². The van der Waals surface area contributed by atoms with Crippen LogP contribution in [0.15, 0.2) is 27.4 Å². The average Bonchev–Trinajstić information content (AvgIpc) is 2.75. The normalized spacial score (nSPS) is 10.2. The topological polar surface area (TPSA) is 57.4 Å². The third-order valence-corrected chi connectivity index (χ3v) is 2.32. The lowest BCUT2D eigenvalue weighted by atomic mass is 10.2. The summed E-state index contributed by atoms with van der Waals surface area (Å²) >= 11 is 3.10. The molecule has 84 valence electrons. The lowest BCUT2D eigenvalue weighted by Crippen LogP contribution is -1.88. The van der Waals surface area contributed by atoms with Gasteiger partial charge in [0.05, 0.1) is 14.2 Å². The van der Waals surface area contributed by atoms with E-state index in [0.29, 0.717) is 22.2 Å². The van der Waals surface area contributed by atoms with Crippen LogP contribution < -0.4 is 9.47 Å². The van der Waals surface area contributed by atoms with Gasteiger partial charge in [-0.2, -0.15) is 0 Å². The van der Waals surface area contributed by atoms with Crippen LogP contribution in [0.5, 0.6) is 11.5 Å². The Morgan fingerprint density at radius 3 is 2.12 bits per heavy atom. The zero-order valence-electron chi connectivity index (χ0n) is 8.73. The molecule has 2 rings (SSSR count). The van der Waals surface area contributed by atoms with E-state index in [1.54, 1.807) is 32.4 Å². The summed E-state index contributed by atoms with van der Waals surface area (Å²) in [7, 11) is 3.17. The number of rotatable bonds is 3. The van der Waals surface area contributed by atoms with Crippen molar-refractivity contribution >= 4 is 15.9 Å². The lowest BCUT2D eigenvalue weighted by Gasteiger charge is -2.05. The minimum Gasteiger partial charge on any atom is -0.497 e. The van der Waals surface area contributed by atoms with Crippen LogP contribution in [0.4, 0.5) is 0 Å². The molecule has 0 fully saturated rings. The van der Waals surface area contributed by atoms with Gasteiger partial charge in [0.25, 0.3) is 4.80 Å². The molecule has 2 aromatic rings. The van der Waals surface area contributed by atoms with Crippen molar-refractivity contribution in [2.45, 2.75) is 0 Å². The van der Waals surface area contributed by atoms with E-state index in [2.05, 4.69) is 26.1 Å². The van der Waals surface area contributed by atoms with Crippen molar-refractivity contribution in [1.29, 1.82) is 0 Å². The van der Waals surface area contributed by atoms with E-state index in [1.165, 1.54) is 0 Å². The predicted octanol–water partition coefficient (Wildman–Crippen LogP) is 2.52. The molecule has 0 amide bonds. The van der Waals surface area contributed by atoms with Crippen LogP contribution >= 0.6 is 15.9 Å². The van der Waals surface area contributed by atoms with Gasteiger partial charge in [0.1, 0.15) is 11.5 Å². The summed E-state index contributed by atoms with van der Waals surface area (Å²) < 4.78 is 15.5. The molecule has 0 aliphatic heterocycles. The smallest absolute Gasteiger partial charge is 0.285 e. The van der Waals surface area contributed by atoms with E-state index in [4.69, 9.17) is 13.9 Å². The Bertz CT molecular complexity index is 476. The summed E-state index contributed by atoms with van der Waals surface area (Å²) in [6, 6.07) is 5.36. The Morgan fingerprint density at radius 1 is 1.06 bits per heavy atom. The molecule has 1 heterocycles. The van der Waals surface area contributed by atoms with Crippen LogP contribution in [0.25, 0.3) is 11.5 Å². The molecule has 0 aliphatic rings. The van der Waals surface area contributed by atoms with Crippen LogP contribution in [0.3, 0.4) is 0 Å². The largest absolute Gasteiger partial charge is 0.497 e. The third kappa shape index (κ3) is 2.16. The zero-order chi connectivity index (χ0) is 11.5. The number of benzene rings is 1. The van der Waals surface area contributed by atoms with E-state index < -0.39 is 0 Å². The van der Waals surface area contributed by atoms with Gasteiger partial charge in [0.2, 0.25) is 5.89 Å². The third-order valence-electron chi connectivity index (χ3n) is 2.00. The Morgan fingerprint density at radius 2 is 1.69 bits per heavy atom. The van der Waals surface area contributed by atoms with Crippen LogP contribution in [-0.4, -0.2) is 24.4 Å².